The van der Waals surface area contributed by atoms with Crippen LogP contribution < -0.4 is 4.90 Å². The van der Waals surface area contributed by atoms with Crippen molar-refractivity contribution >= 4 is 17.4 Å². The second-order valence-electron chi connectivity index (χ2n) is 5.50. The van der Waals surface area contributed by atoms with Crippen LogP contribution >= 0.6 is 11.6 Å². The summed E-state index contributed by atoms with van der Waals surface area (Å²) in [7, 11) is 2.04. The Bertz CT molecular complexity index is 599. The van der Waals surface area contributed by atoms with Gasteiger partial charge in [0.2, 0.25) is 0 Å². The second kappa shape index (κ2) is 6.85. The summed E-state index contributed by atoms with van der Waals surface area (Å²) < 4.78 is 0. The zero-order valence-electron chi connectivity index (χ0n) is 13.0. The molecule has 0 saturated carbocycles. The zero-order chi connectivity index (χ0) is 15.4. The summed E-state index contributed by atoms with van der Waals surface area (Å²) in [6.45, 7) is 6.98. The maximum atomic E-state index is 6.24. The lowest BCUT2D eigenvalue weighted by molar-refractivity contribution is 0.756. The molecule has 2 rings (SSSR count). The topological polar surface area (TPSA) is 41.9 Å². The van der Waals surface area contributed by atoms with Gasteiger partial charge >= 0.3 is 0 Å². The molecule has 21 heavy (non-hydrogen) atoms. The molecule has 112 valence electrons. The van der Waals surface area contributed by atoms with Crippen molar-refractivity contribution < 1.29 is 0 Å². The third-order valence-corrected chi connectivity index (χ3v) is 3.81. The number of halogens is 1. The molecule has 0 aliphatic rings. The number of hydrogen-bond donors (Lipinski definition) is 0. The average Bonchev–Trinajstić information content (AvgIpc) is 2.48. The molecule has 0 aromatic carbocycles. The summed E-state index contributed by atoms with van der Waals surface area (Å²) in [6.07, 6.45) is 4.58. The average molecular weight is 305 g/mol. The number of likely N-dealkylation sites (N-methyl/N-ethyl adjacent to an activating group) is 1. The van der Waals surface area contributed by atoms with Crippen molar-refractivity contribution in [1.29, 1.82) is 0 Å². The van der Waals surface area contributed by atoms with Gasteiger partial charge < -0.3 is 4.90 Å². The van der Waals surface area contributed by atoms with E-state index in [9.17, 15) is 0 Å². The lowest BCUT2D eigenvalue weighted by Crippen LogP contribution is -2.23. The Morgan fingerprint density at radius 1 is 1.19 bits per heavy atom. The van der Waals surface area contributed by atoms with Gasteiger partial charge in [0.15, 0.2) is 0 Å². The third kappa shape index (κ3) is 3.91. The van der Waals surface area contributed by atoms with Crippen molar-refractivity contribution in [3.63, 3.8) is 0 Å². The molecule has 0 bridgehead atoms. The molecule has 0 spiro atoms. The van der Waals surface area contributed by atoms with Gasteiger partial charge in [0, 0.05) is 37.5 Å². The van der Waals surface area contributed by atoms with Gasteiger partial charge in [-0.05, 0) is 31.0 Å². The first-order valence-corrected chi connectivity index (χ1v) is 7.51. The van der Waals surface area contributed by atoms with Crippen molar-refractivity contribution in [2.75, 3.05) is 18.5 Å². The summed E-state index contributed by atoms with van der Waals surface area (Å²) in [6, 6.07) is 4.07. The number of pyridine rings is 1. The smallest absolute Gasteiger partial charge is 0.137 e. The largest absolute Gasteiger partial charge is 0.359 e. The van der Waals surface area contributed by atoms with Crippen molar-refractivity contribution in [2.24, 2.45) is 0 Å². The third-order valence-electron chi connectivity index (χ3n) is 3.44. The second-order valence-corrected chi connectivity index (χ2v) is 5.86. The Kier molecular flexibility index (Phi) is 5.12. The van der Waals surface area contributed by atoms with Crippen LogP contribution in [-0.4, -0.2) is 28.5 Å². The monoisotopic (exact) mass is 304 g/mol. The van der Waals surface area contributed by atoms with Crippen LogP contribution in [0.2, 0.25) is 5.15 Å². The van der Waals surface area contributed by atoms with E-state index in [1.165, 1.54) is 5.56 Å². The first kappa shape index (κ1) is 15.7. The van der Waals surface area contributed by atoms with Crippen LogP contribution in [0.15, 0.2) is 24.5 Å². The zero-order valence-corrected chi connectivity index (χ0v) is 13.7. The standard InChI is InChI=1S/C16H21ClN4/c1-11(2)15-19-14(17)12(3)16(20-15)21(4)10-7-13-5-8-18-9-6-13/h5-6,8-9,11H,7,10H2,1-4H3. The highest BCUT2D eigenvalue weighted by Gasteiger charge is 2.14. The summed E-state index contributed by atoms with van der Waals surface area (Å²) in [5, 5.41) is 0.541. The summed E-state index contributed by atoms with van der Waals surface area (Å²) in [5.74, 6) is 1.96. The van der Waals surface area contributed by atoms with Crippen molar-refractivity contribution in [2.45, 2.75) is 33.1 Å². The molecule has 5 heteroatoms. The van der Waals surface area contributed by atoms with Gasteiger partial charge in [0.05, 0.1) is 0 Å². The highest BCUT2D eigenvalue weighted by molar-refractivity contribution is 6.30. The van der Waals surface area contributed by atoms with Gasteiger partial charge in [-0.1, -0.05) is 25.4 Å². The molecular weight excluding hydrogens is 284 g/mol. The predicted molar refractivity (Wildman–Crippen MR) is 87.1 cm³/mol. The lowest BCUT2D eigenvalue weighted by atomic mass is 10.2. The maximum absolute atomic E-state index is 6.24. The van der Waals surface area contributed by atoms with E-state index in [1.54, 1.807) is 0 Å². The fraction of sp³-hybridized carbons (Fsp3) is 0.438. The molecule has 0 saturated heterocycles. The van der Waals surface area contributed by atoms with Crippen LogP contribution in [0.25, 0.3) is 0 Å². The number of hydrogen-bond acceptors (Lipinski definition) is 4. The Balaban J connectivity index is 2.16. The van der Waals surface area contributed by atoms with E-state index >= 15 is 0 Å². The summed E-state index contributed by atoms with van der Waals surface area (Å²) >= 11 is 6.24. The van der Waals surface area contributed by atoms with Crippen molar-refractivity contribution in [1.82, 2.24) is 15.0 Å². The molecule has 2 heterocycles. The Hall–Kier alpha value is -1.68. The van der Waals surface area contributed by atoms with E-state index in [4.69, 9.17) is 11.6 Å². The van der Waals surface area contributed by atoms with Gasteiger partial charge in [0.25, 0.3) is 0 Å². The van der Waals surface area contributed by atoms with Gasteiger partial charge in [-0.15, -0.1) is 0 Å². The fourth-order valence-corrected chi connectivity index (χ4v) is 2.25. The van der Waals surface area contributed by atoms with Gasteiger partial charge in [-0.3, -0.25) is 4.98 Å². The molecule has 0 aliphatic heterocycles. The van der Waals surface area contributed by atoms with Crippen LogP contribution in [0.3, 0.4) is 0 Å². The summed E-state index contributed by atoms with van der Waals surface area (Å²) in [4.78, 5) is 15.2. The van der Waals surface area contributed by atoms with E-state index in [0.29, 0.717) is 5.15 Å². The first-order valence-electron chi connectivity index (χ1n) is 7.13. The Labute approximate surface area is 131 Å². The Morgan fingerprint density at radius 3 is 2.48 bits per heavy atom. The van der Waals surface area contributed by atoms with Crippen LogP contribution in [0.5, 0.6) is 0 Å². The summed E-state index contributed by atoms with van der Waals surface area (Å²) in [5.41, 5.74) is 2.19. The minimum absolute atomic E-state index is 0.260. The molecular formula is C16H21ClN4. The normalized spacial score (nSPS) is 11.0. The molecule has 0 amide bonds. The fourth-order valence-electron chi connectivity index (χ4n) is 2.08. The minimum atomic E-state index is 0.260. The SMILES string of the molecule is Cc1c(Cl)nc(C(C)C)nc1N(C)CCc1ccncc1. The molecule has 0 aliphatic carbocycles. The van der Waals surface area contributed by atoms with Crippen molar-refractivity contribution in [3.05, 3.63) is 46.6 Å². The van der Waals surface area contributed by atoms with E-state index in [2.05, 4.69) is 33.7 Å². The molecule has 0 N–H and O–H groups in total. The lowest BCUT2D eigenvalue weighted by Gasteiger charge is -2.22. The number of rotatable bonds is 5. The van der Waals surface area contributed by atoms with E-state index in [1.807, 2.05) is 38.5 Å². The van der Waals surface area contributed by atoms with Crippen LogP contribution in [0, 0.1) is 6.92 Å². The van der Waals surface area contributed by atoms with Crippen molar-refractivity contribution in [3.8, 4) is 0 Å². The molecule has 0 unspecified atom stereocenters. The molecule has 2 aromatic rings. The molecule has 0 fully saturated rings. The molecule has 0 radical (unpaired) electrons. The van der Waals surface area contributed by atoms with Crippen LogP contribution in [0.4, 0.5) is 5.82 Å². The number of anilines is 1. The number of nitrogens with zero attached hydrogens (tertiary/aromatic N) is 4. The molecule has 0 atom stereocenters. The van der Waals surface area contributed by atoms with Crippen LogP contribution in [0.1, 0.15) is 36.7 Å². The van der Waals surface area contributed by atoms with Crippen LogP contribution in [-0.2, 0) is 6.42 Å². The Morgan fingerprint density at radius 2 is 1.86 bits per heavy atom. The molecule has 4 nitrogen and oxygen atoms in total. The van der Waals surface area contributed by atoms with Gasteiger partial charge in [-0.25, -0.2) is 9.97 Å². The highest BCUT2D eigenvalue weighted by Crippen LogP contribution is 2.25. The van der Waals surface area contributed by atoms with E-state index < -0.39 is 0 Å². The molecule has 2 aromatic heterocycles. The first-order chi connectivity index (χ1) is 9.99. The maximum Gasteiger partial charge on any atom is 0.137 e. The number of aromatic nitrogens is 3. The van der Waals surface area contributed by atoms with Gasteiger partial charge in [-0.2, -0.15) is 0 Å². The minimum Gasteiger partial charge on any atom is -0.359 e. The highest BCUT2D eigenvalue weighted by atomic mass is 35.5. The van der Waals surface area contributed by atoms with E-state index in [0.717, 1.165) is 30.2 Å². The predicted octanol–water partition coefficient (Wildman–Crippen LogP) is 3.64. The van der Waals surface area contributed by atoms with Gasteiger partial charge in [0.1, 0.15) is 16.8 Å². The quantitative estimate of drug-likeness (QED) is 0.791. The van der Waals surface area contributed by atoms with E-state index in [-0.39, 0.29) is 5.92 Å².